The predicted octanol–water partition coefficient (Wildman–Crippen LogP) is 1.58. The predicted molar refractivity (Wildman–Crippen MR) is 80.8 cm³/mol. The quantitative estimate of drug-likeness (QED) is 0.743. The largest absolute Gasteiger partial charge is 0.365 e. The molecular formula is C16H26N2O3. The Labute approximate surface area is 126 Å². The second-order valence-corrected chi connectivity index (χ2v) is 6.90. The summed E-state index contributed by atoms with van der Waals surface area (Å²) in [6.45, 7) is 8.82. The fourth-order valence-corrected chi connectivity index (χ4v) is 3.51. The maximum absolute atomic E-state index is 12.5. The molecule has 2 aliphatic rings. The zero-order valence-corrected chi connectivity index (χ0v) is 13.4. The number of ether oxygens (including phenoxy) is 1. The summed E-state index contributed by atoms with van der Waals surface area (Å²) in [6, 6.07) is 0. The Bertz CT molecular complexity index is 439. The van der Waals surface area contributed by atoms with Crippen LogP contribution in [0, 0.1) is 0 Å². The smallest absolute Gasteiger partial charge is 0.246 e. The minimum atomic E-state index is -0.334. The second kappa shape index (κ2) is 5.79. The molecular weight excluding hydrogens is 268 g/mol. The molecule has 2 rings (SSSR count). The lowest BCUT2D eigenvalue weighted by Crippen LogP contribution is -2.61. The normalized spacial score (nSPS) is 23.1. The first-order valence-corrected chi connectivity index (χ1v) is 7.62. The molecule has 118 valence electrons. The van der Waals surface area contributed by atoms with Crippen molar-refractivity contribution in [2.24, 2.45) is 0 Å². The first-order valence-electron chi connectivity index (χ1n) is 7.62. The third kappa shape index (κ3) is 3.64. The van der Waals surface area contributed by atoms with Gasteiger partial charge in [-0.1, -0.05) is 19.4 Å². The molecule has 21 heavy (non-hydrogen) atoms. The molecule has 1 aliphatic heterocycles. The zero-order valence-electron chi connectivity index (χ0n) is 13.4. The molecule has 1 saturated heterocycles. The van der Waals surface area contributed by atoms with E-state index in [4.69, 9.17) is 4.74 Å². The fourth-order valence-electron chi connectivity index (χ4n) is 3.51. The molecule has 0 atom stereocenters. The van der Waals surface area contributed by atoms with E-state index in [-0.39, 0.29) is 29.6 Å². The zero-order chi connectivity index (χ0) is 15.7. The average Bonchev–Trinajstić information content (AvgIpc) is 2.82. The molecule has 5 nitrogen and oxygen atoms in total. The van der Waals surface area contributed by atoms with Crippen LogP contribution < -0.4 is 0 Å². The molecule has 2 fully saturated rings. The Balaban J connectivity index is 2.06. The van der Waals surface area contributed by atoms with Crippen LogP contribution in [0.25, 0.3) is 0 Å². The van der Waals surface area contributed by atoms with E-state index in [0.717, 1.165) is 25.7 Å². The number of likely N-dealkylation sites (N-methyl/N-ethyl adjacent to an activating group) is 1. The van der Waals surface area contributed by atoms with Crippen LogP contribution in [0.3, 0.4) is 0 Å². The van der Waals surface area contributed by atoms with E-state index in [1.807, 2.05) is 18.7 Å². The molecule has 1 saturated carbocycles. The molecule has 5 heteroatoms. The summed E-state index contributed by atoms with van der Waals surface area (Å²) in [5, 5.41) is 0. The highest BCUT2D eigenvalue weighted by molar-refractivity contribution is 5.90. The van der Waals surface area contributed by atoms with Crippen molar-refractivity contribution >= 4 is 11.8 Å². The van der Waals surface area contributed by atoms with Crippen molar-refractivity contribution in [1.82, 2.24) is 9.80 Å². The standard InChI is InChI=1S/C16H26N2O3/c1-5-13(19)17(4)10-14(20)18-11-15(2,3)21-16(12-18)8-6-7-9-16/h5H,1,6-12H2,2-4H3. The Kier molecular flexibility index (Phi) is 4.42. The van der Waals surface area contributed by atoms with Crippen LogP contribution in [-0.2, 0) is 14.3 Å². The highest BCUT2D eigenvalue weighted by atomic mass is 16.5. The molecule has 0 aromatic carbocycles. The van der Waals surface area contributed by atoms with E-state index in [1.165, 1.54) is 11.0 Å². The van der Waals surface area contributed by atoms with E-state index in [0.29, 0.717) is 13.1 Å². The number of amides is 2. The minimum Gasteiger partial charge on any atom is -0.365 e. The molecule has 0 radical (unpaired) electrons. The summed E-state index contributed by atoms with van der Waals surface area (Å²) < 4.78 is 6.29. The lowest BCUT2D eigenvalue weighted by molar-refractivity contribution is -0.198. The number of hydrogen-bond donors (Lipinski definition) is 0. The summed E-state index contributed by atoms with van der Waals surface area (Å²) in [5.41, 5.74) is -0.516. The number of carbonyl (C=O) groups is 2. The van der Waals surface area contributed by atoms with Gasteiger partial charge < -0.3 is 14.5 Å². The average molecular weight is 294 g/mol. The topological polar surface area (TPSA) is 49.9 Å². The Morgan fingerprint density at radius 1 is 1.29 bits per heavy atom. The van der Waals surface area contributed by atoms with Crippen LogP contribution in [0.1, 0.15) is 39.5 Å². The number of hydrogen-bond acceptors (Lipinski definition) is 3. The molecule has 0 N–H and O–H groups in total. The molecule has 1 heterocycles. The monoisotopic (exact) mass is 294 g/mol. The van der Waals surface area contributed by atoms with Crippen molar-refractivity contribution in [2.75, 3.05) is 26.7 Å². The molecule has 2 amide bonds. The summed E-state index contributed by atoms with van der Waals surface area (Å²) in [7, 11) is 1.62. The third-order valence-electron chi connectivity index (χ3n) is 4.33. The van der Waals surface area contributed by atoms with Crippen molar-refractivity contribution < 1.29 is 14.3 Å². The van der Waals surface area contributed by atoms with Crippen LogP contribution in [0.5, 0.6) is 0 Å². The molecule has 1 spiro atoms. The number of carbonyl (C=O) groups excluding carboxylic acids is 2. The van der Waals surface area contributed by atoms with Crippen LogP contribution in [0.2, 0.25) is 0 Å². The van der Waals surface area contributed by atoms with Gasteiger partial charge in [0.1, 0.15) is 0 Å². The van der Waals surface area contributed by atoms with E-state index in [2.05, 4.69) is 6.58 Å². The van der Waals surface area contributed by atoms with E-state index < -0.39 is 0 Å². The maximum atomic E-state index is 12.5. The third-order valence-corrected chi connectivity index (χ3v) is 4.33. The summed E-state index contributed by atoms with van der Waals surface area (Å²) in [5.74, 6) is -0.248. The van der Waals surface area contributed by atoms with Crippen molar-refractivity contribution in [3.8, 4) is 0 Å². The lowest BCUT2D eigenvalue weighted by atomic mass is 9.94. The van der Waals surface area contributed by atoms with E-state index in [9.17, 15) is 9.59 Å². The van der Waals surface area contributed by atoms with Gasteiger partial charge in [-0.05, 0) is 32.8 Å². The van der Waals surface area contributed by atoms with Gasteiger partial charge in [-0.2, -0.15) is 0 Å². The van der Waals surface area contributed by atoms with Gasteiger partial charge in [0, 0.05) is 20.1 Å². The maximum Gasteiger partial charge on any atom is 0.246 e. The molecule has 1 aliphatic carbocycles. The van der Waals surface area contributed by atoms with Gasteiger partial charge in [0.25, 0.3) is 0 Å². The fraction of sp³-hybridized carbons (Fsp3) is 0.750. The molecule has 0 aromatic heterocycles. The number of morpholine rings is 1. The van der Waals surface area contributed by atoms with Crippen molar-refractivity contribution in [1.29, 1.82) is 0 Å². The SMILES string of the molecule is C=CC(=O)N(C)CC(=O)N1CC(C)(C)OC2(CCCC2)C1. The van der Waals surface area contributed by atoms with Crippen molar-refractivity contribution in [2.45, 2.75) is 50.7 Å². The van der Waals surface area contributed by atoms with E-state index in [1.54, 1.807) is 7.05 Å². The molecule has 0 bridgehead atoms. The first-order chi connectivity index (χ1) is 9.77. The first kappa shape index (κ1) is 16.0. The van der Waals surface area contributed by atoms with Crippen molar-refractivity contribution in [3.63, 3.8) is 0 Å². The van der Waals surface area contributed by atoms with Gasteiger partial charge >= 0.3 is 0 Å². The van der Waals surface area contributed by atoms with Gasteiger partial charge in [0.2, 0.25) is 11.8 Å². The van der Waals surface area contributed by atoms with Crippen LogP contribution in [0.4, 0.5) is 0 Å². The minimum absolute atomic E-state index is 0.0182. The van der Waals surface area contributed by atoms with Gasteiger partial charge in [-0.3, -0.25) is 9.59 Å². The van der Waals surface area contributed by atoms with Gasteiger partial charge in [0.15, 0.2) is 0 Å². The van der Waals surface area contributed by atoms with Gasteiger partial charge in [-0.25, -0.2) is 0 Å². The van der Waals surface area contributed by atoms with E-state index >= 15 is 0 Å². The van der Waals surface area contributed by atoms with Crippen LogP contribution in [0.15, 0.2) is 12.7 Å². The Morgan fingerprint density at radius 3 is 2.48 bits per heavy atom. The highest BCUT2D eigenvalue weighted by Gasteiger charge is 2.47. The summed E-state index contributed by atoms with van der Waals surface area (Å²) in [6.07, 6.45) is 5.58. The van der Waals surface area contributed by atoms with Crippen LogP contribution >= 0.6 is 0 Å². The number of nitrogens with zero attached hydrogens (tertiary/aromatic N) is 2. The summed E-state index contributed by atoms with van der Waals surface area (Å²) >= 11 is 0. The lowest BCUT2D eigenvalue weighted by Gasteiger charge is -2.49. The summed E-state index contributed by atoms with van der Waals surface area (Å²) in [4.78, 5) is 27.3. The molecule has 0 unspecified atom stereocenters. The Morgan fingerprint density at radius 2 is 1.90 bits per heavy atom. The van der Waals surface area contributed by atoms with Crippen LogP contribution in [-0.4, -0.2) is 59.5 Å². The molecule has 0 aromatic rings. The highest BCUT2D eigenvalue weighted by Crippen LogP contribution is 2.40. The van der Waals surface area contributed by atoms with Crippen molar-refractivity contribution in [3.05, 3.63) is 12.7 Å². The van der Waals surface area contributed by atoms with Gasteiger partial charge in [0.05, 0.1) is 17.7 Å². The van der Waals surface area contributed by atoms with Gasteiger partial charge in [-0.15, -0.1) is 0 Å². The second-order valence-electron chi connectivity index (χ2n) is 6.90. The number of rotatable bonds is 3. The Hall–Kier alpha value is -1.36.